The van der Waals surface area contributed by atoms with Crippen molar-refractivity contribution in [3.8, 4) is 0 Å². The zero-order chi connectivity index (χ0) is 21.9. The first-order valence-electron chi connectivity index (χ1n) is 9.54. The SMILES string of the molecule is CNC(=O)CNC(=O)CN1C(=O)N[C@](c2ccccc2)(c2ccc(C)c(C)c2)C1=O. The van der Waals surface area contributed by atoms with Gasteiger partial charge in [-0.25, -0.2) is 4.79 Å². The van der Waals surface area contributed by atoms with Crippen LogP contribution < -0.4 is 16.0 Å². The number of amides is 5. The fraction of sp³-hybridized carbons (Fsp3) is 0.273. The second-order valence-corrected chi connectivity index (χ2v) is 7.19. The molecular weight excluding hydrogens is 384 g/mol. The molecule has 0 unspecified atom stereocenters. The average Bonchev–Trinajstić information content (AvgIpc) is 3.00. The molecule has 2 aromatic rings. The van der Waals surface area contributed by atoms with Gasteiger partial charge in [-0.3, -0.25) is 19.3 Å². The van der Waals surface area contributed by atoms with Gasteiger partial charge >= 0.3 is 6.03 Å². The molecule has 0 saturated carbocycles. The Morgan fingerprint density at radius 2 is 1.67 bits per heavy atom. The van der Waals surface area contributed by atoms with Crippen molar-refractivity contribution in [3.05, 3.63) is 70.8 Å². The molecule has 1 saturated heterocycles. The third-order valence-corrected chi connectivity index (χ3v) is 5.28. The van der Waals surface area contributed by atoms with Crippen LogP contribution in [0.25, 0.3) is 0 Å². The molecule has 0 bridgehead atoms. The molecule has 1 fully saturated rings. The molecule has 1 heterocycles. The molecule has 5 amide bonds. The minimum atomic E-state index is -1.43. The summed E-state index contributed by atoms with van der Waals surface area (Å²) in [6.07, 6.45) is 0. The molecule has 8 nitrogen and oxygen atoms in total. The number of carbonyl (C=O) groups is 4. The Hall–Kier alpha value is -3.68. The van der Waals surface area contributed by atoms with Gasteiger partial charge in [-0.15, -0.1) is 0 Å². The summed E-state index contributed by atoms with van der Waals surface area (Å²) in [5.41, 5.74) is 1.82. The first-order valence-corrected chi connectivity index (χ1v) is 9.54. The molecule has 156 valence electrons. The van der Waals surface area contributed by atoms with E-state index in [2.05, 4.69) is 16.0 Å². The maximum Gasteiger partial charge on any atom is 0.326 e. The number of hydrogen-bond donors (Lipinski definition) is 3. The lowest BCUT2D eigenvalue weighted by Gasteiger charge is -2.28. The molecule has 1 atom stereocenters. The van der Waals surface area contributed by atoms with Crippen LogP contribution in [0.5, 0.6) is 0 Å². The predicted molar refractivity (Wildman–Crippen MR) is 110 cm³/mol. The van der Waals surface area contributed by atoms with Crippen LogP contribution in [-0.2, 0) is 19.9 Å². The van der Waals surface area contributed by atoms with Crippen molar-refractivity contribution < 1.29 is 19.2 Å². The van der Waals surface area contributed by atoms with Gasteiger partial charge in [0, 0.05) is 7.05 Å². The summed E-state index contributed by atoms with van der Waals surface area (Å²) in [5, 5.41) is 7.59. The fourth-order valence-electron chi connectivity index (χ4n) is 3.41. The normalized spacial score (nSPS) is 18.2. The summed E-state index contributed by atoms with van der Waals surface area (Å²) < 4.78 is 0. The second kappa shape index (κ2) is 8.36. The van der Waals surface area contributed by atoms with Gasteiger partial charge in [0.1, 0.15) is 6.54 Å². The van der Waals surface area contributed by atoms with Crippen LogP contribution in [0, 0.1) is 13.8 Å². The van der Waals surface area contributed by atoms with Crippen LogP contribution in [-0.4, -0.2) is 48.8 Å². The molecule has 2 aromatic carbocycles. The Morgan fingerprint density at radius 3 is 2.30 bits per heavy atom. The quantitative estimate of drug-likeness (QED) is 0.619. The monoisotopic (exact) mass is 408 g/mol. The van der Waals surface area contributed by atoms with E-state index in [9.17, 15) is 19.2 Å². The van der Waals surface area contributed by atoms with Crippen LogP contribution in [0.3, 0.4) is 0 Å². The molecule has 3 rings (SSSR count). The molecular formula is C22H24N4O4. The van der Waals surface area contributed by atoms with Gasteiger partial charge in [-0.05, 0) is 36.1 Å². The zero-order valence-corrected chi connectivity index (χ0v) is 17.1. The Bertz CT molecular complexity index is 1010. The molecule has 0 aliphatic carbocycles. The number of rotatable bonds is 6. The van der Waals surface area contributed by atoms with Gasteiger partial charge < -0.3 is 16.0 Å². The van der Waals surface area contributed by atoms with Crippen LogP contribution in [0.15, 0.2) is 48.5 Å². The number of imide groups is 1. The largest absolute Gasteiger partial charge is 0.358 e. The van der Waals surface area contributed by atoms with E-state index < -0.39 is 29.9 Å². The van der Waals surface area contributed by atoms with E-state index in [1.54, 1.807) is 24.3 Å². The van der Waals surface area contributed by atoms with E-state index in [1.807, 2.05) is 38.1 Å². The van der Waals surface area contributed by atoms with E-state index in [0.717, 1.165) is 16.0 Å². The molecule has 0 spiro atoms. The van der Waals surface area contributed by atoms with E-state index in [4.69, 9.17) is 0 Å². The number of hydrogen-bond acceptors (Lipinski definition) is 4. The Labute approximate surface area is 174 Å². The summed E-state index contributed by atoms with van der Waals surface area (Å²) in [6.45, 7) is 3.18. The van der Waals surface area contributed by atoms with Crippen molar-refractivity contribution in [2.24, 2.45) is 0 Å². The molecule has 1 aliphatic rings. The molecule has 3 N–H and O–H groups in total. The van der Waals surface area contributed by atoms with Gasteiger partial charge in [0.15, 0.2) is 5.54 Å². The minimum absolute atomic E-state index is 0.236. The first-order chi connectivity index (χ1) is 14.3. The number of aryl methyl sites for hydroxylation is 2. The third kappa shape index (κ3) is 3.76. The number of benzene rings is 2. The van der Waals surface area contributed by atoms with Gasteiger partial charge in [-0.1, -0.05) is 48.5 Å². The van der Waals surface area contributed by atoms with Gasteiger partial charge in [0.25, 0.3) is 5.91 Å². The maximum atomic E-state index is 13.5. The number of likely N-dealkylation sites (N-methyl/N-ethyl adjacent to an activating group) is 1. The van der Waals surface area contributed by atoms with Gasteiger partial charge in [0.2, 0.25) is 11.8 Å². The average molecular weight is 408 g/mol. The smallest absolute Gasteiger partial charge is 0.326 e. The highest BCUT2D eigenvalue weighted by Crippen LogP contribution is 2.36. The van der Waals surface area contributed by atoms with Gasteiger partial charge in [0.05, 0.1) is 6.54 Å². The van der Waals surface area contributed by atoms with E-state index in [0.29, 0.717) is 11.1 Å². The predicted octanol–water partition coefficient (Wildman–Crippen LogP) is 0.961. The number of carbonyl (C=O) groups excluding carboxylic acids is 4. The highest BCUT2D eigenvalue weighted by molar-refractivity contribution is 6.11. The fourth-order valence-corrected chi connectivity index (χ4v) is 3.41. The van der Waals surface area contributed by atoms with E-state index in [-0.39, 0.29) is 12.5 Å². The lowest BCUT2D eigenvalue weighted by molar-refractivity contribution is -0.134. The van der Waals surface area contributed by atoms with Crippen LogP contribution in [0.4, 0.5) is 4.79 Å². The lowest BCUT2D eigenvalue weighted by atomic mass is 9.81. The van der Waals surface area contributed by atoms with Crippen molar-refractivity contribution in [2.75, 3.05) is 20.1 Å². The van der Waals surface area contributed by atoms with Gasteiger partial charge in [-0.2, -0.15) is 0 Å². The van der Waals surface area contributed by atoms with E-state index >= 15 is 0 Å². The highest BCUT2D eigenvalue weighted by atomic mass is 16.2. The lowest BCUT2D eigenvalue weighted by Crippen LogP contribution is -2.46. The Morgan fingerprint density at radius 1 is 0.967 bits per heavy atom. The zero-order valence-electron chi connectivity index (χ0n) is 17.1. The molecule has 1 aliphatic heterocycles. The molecule has 8 heteroatoms. The van der Waals surface area contributed by atoms with Crippen molar-refractivity contribution in [1.82, 2.24) is 20.9 Å². The standard InChI is InChI=1S/C22H24N4O4/c1-14-9-10-17(11-15(14)2)22(16-7-5-4-6-8-16)20(29)26(21(30)25-22)13-19(28)24-12-18(27)23-3/h4-11H,12-13H2,1-3H3,(H,23,27)(H,24,28)(H,25,30)/t22-/m1/s1. The number of nitrogens with zero attached hydrogens (tertiary/aromatic N) is 1. The molecule has 0 radical (unpaired) electrons. The topological polar surface area (TPSA) is 108 Å². The summed E-state index contributed by atoms with van der Waals surface area (Å²) in [5.74, 6) is -1.53. The Balaban J connectivity index is 1.97. The van der Waals surface area contributed by atoms with Crippen molar-refractivity contribution in [1.29, 1.82) is 0 Å². The van der Waals surface area contributed by atoms with Crippen LogP contribution in [0.1, 0.15) is 22.3 Å². The minimum Gasteiger partial charge on any atom is -0.358 e. The van der Waals surface area contributed by atoms with Crippen molar-refractivity contribution in [2.45, 2.75) is 19.4 Å². The third-order valence-electron chi connectivity index (χ3n) is 5.28. The van der Waals surface area contributed by atoms with E-state index in [1.165, 1.54) is 7.05 Å². The summed E-state index contributed by atoms with van der Waals surface area (Å²) in [6, 6.07) is 13.8. The van der Waals surface area contributed by atoms with Crippen LogP contribution >= 0.6 is 0 Å². The molecule has 0 aromatic heterocycles. The second-order valence-electron chi connectivity index (χ2n) is 7.19. The summed E-state index contributed by atoms with van der Waals surface area (Å²) >= 11 is 0. The summed E-state index contributed by atoms with van der Waals surface area (Å²) in [4.78, 5) is 50.7. The molecule has 30 heavy (non-hydrogen) atoms. The maximum absolute atomic E-state index is 13.5. The number of nitrogens with one attached hydrogen (secondary N) is 3. The van der Waals surface area contributed by atoms with Crippen molar-refractivity contribution >= 4 is 23.8 Å². The number of urea groups is 1. The highest BCUT2D eigenvalue weighted by Gasteiger charge is 2.54. The first kappa shape index (κ1) is 21.0. The van der Waals surface area contributed by atoms with Crippen LogP contribution in [0.2, 0.25) is 0 Å². The Kier molecular flexibility index (Phi) is 5.86. The summed E-state index contributed by atoms with van der Waals surface area (Å²) in [7, 11) is 1.45. The van der Waals surface area contributed by atoms with Crippen molar-refractivity contribution in [3.63, 3.8) is 0 Å².